The zero-order valence-corrected chi connectivity index (χ0v) is 15.5. The molecule has 150 valence electrons. The van der Waals surface area contributed by atoms with Crippen molar-refractivity contribution in [3.63, 3.8) is 0 Å². The molecule has 2 amide bonds. The van der Waals surface area contributed by atoms with Gasteiger partial charge < -0.3 is 15.5 Å². The van der Waals surface area contributed by atoms with Crippen molar-refractivity contribution in [1.82, 2.24) is 15.6 Å². The molecule has 0 saturated carbocycles. The molecule has 6 nitrogen and oxygen atoms in total. The second-order valence-corrected chi connectivity index (χ2v) is 6.69. The van der Waals surface area contributed by atoms with Gasteiger partial charge in [0.25, 0.3) is 0 Å². The third-order valence-electron chi connectivity index (χ3n) is 4.57. The fourth-order valence-electron chi connectivity index (χ4n) is 2.91. The van der Waals surface area contributed by atoms with Crippen molar-refractivity contribution in [2.24, 2.45) is 5.92 Å². The zero-order chi connectivity index (χ0) is 20.0. The lowest BCUT2D eigenvalue weighted by molar-refractivity contribution is -0.137. The number of carbonyl (C=O) groups is 2. The van der Waals surface area contributed by atoms with E-state index >= 15 is 0 Å². The highest BCUT2D eigenvalue weighted by Crippen LogP contribution is 2.30. The van der Waals surface area contributed by atoms with Crippen molar-refractivity contribution in [3.05, 3.63) is 23.9 Å². The third-order valence-corrected chi connectivity index (χ3v) is 4.57. The van der Waals surface area contributed by atoms with Crippen LogP contribution in [-0.2, 0) is 15.8 Å². The molecule has 1 aromatic heterocycles. The number of hydrogen-bond acceptors (Lipinski definition) is 4. The van der Waals surface area contributed by atoms with E-state index in [9.17, 15) is 22.8 Å². The summed E-state index contributed by atoms with van der Waals surface area (Å²) >= 11 is 0. The van der Waals surface area contributed by atoms with Gasteiger partial charge >= 0.3 is 6.18 Å². The molecule has 9 heteroatoms. The number of halogens is 3. The van der Waals surface area contributed by atoms with Gasteiger partial charge in [-0.15, -0.1) is 0 Å². The number of piperidine rings is 1. The lowest BCUT2D eigenvalue weighted by Crippen LogP contribution is -2.48. The molecule has 0 aliphatic carbocycles. The number of rotatable bonds is 6. The van der Waals surface area contributed by atoms with Crippen LogP contribution in [0.15, 0.2) is 18.3 Å². The molecule has 2 N–H and O–H groups in total. The average molecular weight is 386 g/mol. The zero-order valence-electron chi connectivity index (χ0n) is 15.5. The smallest absolute Gasteiger partial charge is 0.357 e. The van der Waals surface area contributed by atoms with E-state index in [4.69, 9.17) is 0 Å². The minimum absolute atomic E-state index is 0.172. The molecule has 2 rings (SSSR count). The molecule has 0 unspecified atom stereocenters. The van der Waals surface area contributed by atoms with E-state index in [-0.39, 0.29) is 17.7 Å². The molecule has 2 heterocycles. The van der Waals surface area contributed by atoms with Crippen LogP contribution in [0.3, 0.4) is 0 Å². The summed E-state index contributed by atoms with van der Waals surface area (Å²) in [6.07, 6.45) is -1.65. The van der Waals surface area contributed by atoms with Crippen LogP contribution in [0.4, 0.5) is 19.0 Å². The van der Waals surface area contributed by atoms with Gasteiger partial charge in [-0.25, -0.2) is 4.98 Å². The molecule has 1 aliphatic rings. The molecule has 1 aromatic rings. The summed E-state index contributed by atoms with van der Waals surface area (Å²) in [5.74, 6) is -0.142. The number of alkyl halides is 3. The highest BCUT2D eigenvalue weighted by molar-refractivity contribution is 5.88. The van der Waals surface area contributed by atoms with Gasteiger partial charge in [0, 0.05) is 31.7 Å². The Bertz CT molecular complexity index is 641. The van der Waals surface area contributed by atoms with Crippen molar-refractivity contribution >= 4 is 17.6 Å². The summed E-state index contributed by atoms with van der Waals surface area (Å²) in [7, 11) is 0. The Labute approximate surface area is 156 Å². The maximum atomic E-state index is 12.6. The van der Waals surface area contributed by atoms with Crippen LogP contribution in [0.25, 0.3) is 0 Å². The summed E-state index contributed by atoms with van der Waals surface area (Å²) in [5.41, 5.74) is -0.782. The Morgan fingerprint density at radius 2 is 1.96 bits per heavy atom. The van der Waals surface area contributed by atoms with Crippen molar-refractivity contribution < 1.29 is 22.8 Å². The summed E-state index contributed by atoms with van der Waals surface area (Å²) in [5, 5.41) is 5.46. The van der Waals surface area contributed by atoms with Crippen LogP contribution in [-0.4, -0.2) is 42.5 Å². The molecule has 27 heavy (non-hydrogen) atoms. The first-order valence-electron chi connectivity index (χ1n) is 9.08. The summed E-state index contributed by atoms with van der Waals surface area (Å²) < 4.78 is 37.8. The molecule has 0 bridgehead atoms. The predicted molar refractivity (Wildman–Crippen MR) is 95.1 cm³/mol. The number of amides is 2. The van der Waals surface area contributed by atoms with Crippen molar-refractivity contribution in [2.45, 2.75) is 45.3 Å². The van der Waals surface area contributed by atoms with E-state index in [2.05, 4.69) is 15.6 Å². The first-order chi connectivity index (χ1) is 12.7. The summed E-state index contributed by atoms with van der Waals surface area (Å²) in [6.45, 7) is 5.20. The van der Waals surface area contributed by atoms with E-state index in [1.807, 2.05) is 11.8 Å². The van der Waals surface area contributed by atoms with E-state index in [1.54, 1.807) is 6.92 Å². The van der Waals surface area contributed by atoms with Crippen LogP contribution in [0.5, 0.6) is 0 Å². The van der Waals surface area contributed by atoms with E-state index < -0.39 is 17.8 Å². The van der Waals surface area contributed by atoms with Gasteiger partial charge in [-0.1, -0.05) is 6.92 Å². The van der Waals surface area contributed by atoms with Gasteiger partial charge in [-0.3, -0.25) is 9.59 Å². The lowest BCUT2D eigenvalue weighted by atomic mass is 9.95. The maximum Gasteiger partial charge on any atom is 0.417 e. The highest BCUT2D eigenvalue weighted by Gasteiger charge is 2.31. The Balaban J connectivity index is 1.84. The Morgan fingerprint density at radius 1 is 1.30 bits per heavy atom. The molecule has 1 aliphatic heterocycles. The largest absolute Gasteiger partial charge is 0.417 e. The molecule has 1 fully saturated rings. The minimum Gasteiger partial charge on any atom is -0.357 e. The number of carbonyl (C=O) groups excluding carboxylic acids is 2. The van der Waals surface area contributed by atoms with Crippen LogP contribution < -0.4 is 15.5 Å². The standard InChI is InChI=1S/C18H25F3N4O2/c1-3-8-22-16(26)12(2)24-17(27)13-6-9-25(10-7-13)15-5-4-14(11-23-15)18(19,20)21/h4-5,11-13H,3,6-10H2,1-2H3,(H,22,26)(H,24,27)/t12-/m0/s1. The number of nitrogens with zero attached hydrogens (tertiary/aromatic N) is 2. The SMILES string of the molecule is CCCNC(=O)[C@H](C)NC(=O)C1CCN(c2ccc(C(F)(F)F)cn2)CC1. The number of anilines is 1. The predicted octanol–water partition coefficient (Wildman–Crippen LogP) is 2.35. The third kappa shape index (κ3) is 5.83. The number of hydrogen-bond donors (Lipinski definition) is 2. The number of pyridine rings is 1. The van der Waals surface area contributed by atoms with Crippen LogP contribution >= 0.6 is 0 Å². The van der Waals surface area contributed by atoms with Gasteiger partial charge in [-0.05, 0) is 38.3 Å². The van der Waals surface area contributed by atoms with E-state index in [0.29, 0.717) is 38.3 Å². The Morgan fingerprint density at radius 3 is 2.48 bits per heavy atom. The molecular formula is C18H25F3N4O2. The molecule has 1 saturated heterocycles. The molecule has 1 atom stereocenters. The van der Waals surface area contributed by atoms with Crippen molar-refractivity contribution in [2.75, 3.05) is 24.5 Å². The van der Waals surface area contributed by atoms with E-state index in [0.717, 1.165) is 18.7 Å². The van der Waals surface area contributed by atoms with Gasteiger partial charge in [0.05, 0.1) is 5.56 Å². The Kier molecular flexibility index (Phi) is 7.04. The average Bonchev–Trinajstić information content (AvgIpc) is 2.65. The van der Waals surface area contributed by atoms with Crippen LogP contribution in [0.2, 0.25) is 0 Å². The summed E-state index contributed by atoms with van der Waals surface area (Å²) in [6, 6.07) is 1.76. The molecular weight excluding hydrogens is 361 g/mol. The molecule has 0 spiro atoms. The monoisotopic (exact) mass is 386 g/mol. The second kappa shape index (κ2) is 9.05. The van der Waals surface area contributed by atoms with Crippen molar-refractivity contribution in [3.8, 4) is 0 Å². The maximum absolute atomic E-state index is 12.6. The highest BCUT2D eigenvalue weighted by atomic mass is 19.4. The normalized spacial score (nSPS) is 16.7. The Hall–Kier alpha value is -2.32. The van der Waals surface area contributed by atoms with Gasteiger partial charge in [-0.2, -0.15) is 13.2 Å². The first kappa shape index (κ1) is 21.0. The molecule has 0 aromatic carbocycles. The number of aromatic nitrogens is 1. The quantitative estimate of drug-likeness (QED) is 0.787. The van der Waals surface area contributed by atoms with Gasteiger partial charge in [0.2, 0.25) is 11.8 Å². The molecule has 0 radical (unpaired) electrons. The van der Waals surface area contributed by atoms with Crippen LogP contribution in [0.1, 0.15) is 38.7 Å². The fraction of sp³-hybridized carbons (Fsp3) is 0.611. The van der Waals surface area contributed by atoms with Crippen LogP contribution in [0, 0.1) is 5.92 Å². The lowest BCUT2D eigenvalue weighted by Gasteiger charge is -2.32. The van der Waals surface area contributed by atoms with E-state index in [1.165, 1.54) is 6.07 Å². The topological polar surface area (TPSA) is 74.3 Å². The van der Waals surface area contributed by atoms with Gasteiger partial charge in [0.15, 0.2) is 0 Å². The fourth-order valence-corrected chi connectivity index (χ4v) is 2.91. The van der Waals surface area contributed by atoms with Crippen molar-refractivity contribution in [1.29, 1.82) is 0 Å². The number of nitrogens with one attached hydrogen (secondary N) is 2. The van der Waals surface area contributed by atoms with Gasteiger partial charge in [0.1, 0.15) is 11.9 Å². The minimum atomic E-state index is -4.41. The first-order valence-corrected chi connectivity index (χ1v) is 9.08. The summed E-state index contributed by atoms with van der Waals surface area (Å²) in [4.78, 5) is 29.9. The second-order valence-electron chi connectivity index (χ2n) is 6.69.